The van der Waals surface area contributed by atoms with Crippen LogP contribution in [0.15, 0.2) is 24.3 Å². The van der Waals surface area contributed by atoms with Crippen LogP contribution in [0.5, 0.6) is 0 Å². The van der Waals surface area contributed by atoms with E-state index in [1.807, 2.05) is 45.0 Å². The van der Waals surface area contributed by atoms with Gasteiger partial charge in [0.2, 0.25) is 0 Å². The van der Waals surface area contributed by atoms with Crippen LogP contribution < -0.4 is 5.73 Å². The number of nitrogen functional groups attached to an aromatic ring is 1. The minimum atomic E-state index is -0.581. The van der Waals surface area contributed by atoms with E-state index in [-0.39, 0.29) is 6.10 Å². The second-order valence-corrected chi connectivity index (χ2v) is 6.69. The molecule has 1 atom stereocenters. The van der Waals surface area contributed by atoms with Gasteiger partial charge in [-0.2, -0.15) is 0 Å². The number of anilines is 1. The van der Waals surface area contributed by atoms with Crippen molar-refractivity contribution >= 4 is 17.0 Å². The number of ether oxygens (including phenoxy) is 2. The second kappa shape index (κ2) is 5.75. The minimum Gasteiger partial charge on any atom is -0.382 e. The molecular formula is C17H20N6O2. The normalized spacial score (nSPS) is 19.6. The highest BCUT2D eigenvalue weighted by molar-refractivity contribution is 5.83. The molecule has 1 aliphatic heterocycles. The molecular weight excluding hydrogens is 320 g/mol. The third kappa shape index (κ3) is 3.06. The van der Waals surface area contributed by atoms with E-state index in [4.69, 9.17) is 15.2 Å². The van der Waals surface area contributed by atoms with Gasteiger partial charge < -0.3 is 15.2 Å². The Balaban J connectivity index is 1.70. The molecule has 8 heteroatoms. The summed E-state index contributed by atoms with van der Waals surface area (Å²) in [5.74, 6) is 0.287. The van der Waals surface area contributed by atoms with Crippen LogP contribution in [0, 0.1) is 6.92 Å². The van der Waals surface area contributed by atoms with Gasteiger partial charge in [0, 0.05) is 5.56 Å². The molecule has 1 aliphatic rings. The predicted molar refractivity (Wildman–Crippen MR) is 92.6 cm³/mol. The number of rotatable bonds is 3. The van der Waals surface area contributed by atoms with Gasteiger partial charge in [0.05, 0.1) is 13.2 Å². The average molecular weight is 340 g/mol. The number of aromatic nitrogens is 5. The van der Waals surface area contributed by atoms with Gasteiger partial charge >= 0.3 is 0 Å². The number of nitrogens with two attached hydrogens (primary N) is 1. The summed E-state index contributed by atoms with van der Waals surface area (Å²) in [4.78, 5) is 8.99. The van der Waals surface area contributed by atoms with E-state index >= 15 is 0 Å². The fourth-order valence-electron chi connectivity index (χ4n) is 2.88. The van der Waals surface area contributed by atoms with Gasteiger partial charge in [0.25, 0.3) is 0 Å². The van der Waals surface area contributed by atoms with Crippen molar-refractivity contribution in [1.82, 2.24) is 25.0 Å². The molecule has 0 aliphatic carbocycles. The van der Waals surface area contributed by atoms with Crippen molar-refractivity contribution in [2.24, 2.45) is 0 Å². The maximum Gasteiger partial charge on any atom is 0.184 e. The Morgan fingerprint density at radius 2 is 2.00 bits per heavy atom. The van der Waals surface area contributed by atoms with E-state index in [2.05, 4.69) is 20.3 Å². The number of hydrogen-bond donors (Lipinski definition) is 1. The molecule has 0 bridgehead atoms. The largest absolute Gasteiger partial charge is 0.382 e. The molecule has 1 aromatic carbocycles. The quantitative estimate of drug-likeness (QED) is 0.777. The maximum absolute atomic E-state index is 6.07. The van der Waals surface area contributed by atoms with Crippen molar-refractivity contribution in [2.45, 2.75) is 39.2 Å². The SMILES string of the molecule is Cc1ccc(-c2nc(N)c3nnn(C[C@H]4COC(C)(C)O4)c3n2)cc1. The fraction of sp³-hybridized carbons (Fsp3) is 0.412. The van der Waals surface area contributed by atoms with Crippen molar-refractivity contribution in [2.75, 3.05) is 12.3 Å². The molecule has 25 heavy (non-hydrogen) atoms. The Hall–Kier alpha value is -2.58. The van der Waals surface area contributed by atoms with Gasteiger partial charge in [-0.05, 0) is 20.8 Å². The summed E-state index contributed by atoms with van der Waals surface area (Å²) < 4.78 is 13.1. The fourth-order valence-corrected chi connectivity index (χ4v) is 2.88. The summed E-state index contributed by atoms with van der Waals surface area (Å²) in [5.41, 5.74) is 9.22. The topological polar surface area (TPSA) is 101 Å². The van der Waals surface area contributed by atoms with Crippen molar-refractivity contribution in [3.8, 4) is 11.4 Å². The van der Waals surface area contributed by atoms with E-state index in [1.54, 1.807) is 4.68 Å². The number of benzene rings is 1. The summed E-state index contributed by atoms with van der Waals surface area (Å²) in [6.45, 7) is 6.81. The van der Waals surface area contributed by atoms with E-state index in [9.17, 15) is 0 Å². The van der Waals surface area contributed by atoms with Crippen LogP contribution in [0.1, 0.15) is 19.4 Å². The molecule has 0 radical (unpaired) electrons. The van der Waals surface area contributed by atoms with Crippen LogP contribution >= 0.6 is 0 Å². The maximum atomic E-state index is 6.07. The summed E-state index contributed by atoms with van der Waals surface area (Å²) in [6, 6.07) is 7.97. The Labute approximate surface area is 145 Å². The lowest BCUT2D eigenvalue weighted by Crippen LogP contribution is -2.24. The first-order valence-corrected chi connectivity index (χ1v) is 8.17. The van der Waals surface area contributed by atoms with Crippen molar-refractivity contribution in [1.29, 1.82) is 0 Å². The first-order valence-electron chi connectivity index (χ1n) is 8.17. The molecule has 8 nitrogen and oxygen atoms in total. The van der Waals surface area contributed by atoms with Crippen molar-refractivity contribution in [3.05, 3.63) is 29.8 Å². The molecule has 2 aromatic heterocycles. The van der Waals surface area contributed by atoms with E-state index in [0.29, 0.717) is 36.0 Å². The molecule has 0 amide bonds. The number of fused-ring (bicyclic) bond motifs is 1. The average Bonchev–Trinajstić information content (AvgIpc) is 3.12. The number of nitrogens with zero attached hydrogens (tertiary/aromatic N) is 5. The molecule has 0 unspecified atom stereocenters. The summed E-state index contributed by atoms with van der Waals surface area (Å²) >= 11 is 0. The van der Waals surface area contributed by atoms with Gasteiger partial charge in [-0.3, -0.25) is 0 Å². The Morgan fingerprint density at radius 3 is 2.68 bits per heavy atom. The van der Waals surface area contributed by atoms with E-state index in [0.717, 1.165) is 5.56 Å². The zero-order valence-electron chi connectivity index (χ0n) is 14.4. The summed E-state index contributed by atoms with van der Waals surface area (Å²) in [5, 5.41) is 8.28. The molecule has 130 valence electrons. The predicted octanol–water partition coefficient (Wildman–Crippen LogP) is 1.93. The third-order valence-corrected chi connectivity index (χ3v) is 4.14. The van der Waals surface area contributed by atoms with E-state index in [1.165, 1.54) is 5.56 Å². The Bertz CT molecular complexity index is 919. The highest BCUT2D eigenvalue weighted by atomic mass is 16.7. The summed E-state index contributed by atoms with van der Waals surface area (Å²) in [6.07, 6.45) is -0.112. The van der Waals surface area contributed by atoms with Gasteiger partial charge in [-0.25, -0.2) is 14.6 Å². The number of aryl methyl sites for hydroxylation is 1. The van der Waals surface area contributed by atoms with Crippen molar-refractivity contribution < 1.29 is 9.47 Å². The van der Waals surface area contributed by atoms with Crippen LogP contribution in [0.4, 0.5) is 5.82 Å². The first-order chi connectivity index (χ1) is 11.9. The van der Waals surface area contributed by atoms with Crippen molar-refractivity contribution in [3.63, 3.8) is 0 Å². The zero-order chi connectivity index (χ0) is 17.6. The second-order valence-electron chi connectivity index (χ2n) is 6.69. The lowest BCUT2D eigenvalue weighted by molar-refractivity contribution is -0.139. The minimum absolute atomic E-state index is 0.112. The van der Waals surface area contributed by atoms with Gasteiger partial charge in [0.15, 0.2) is 28.6 Å². The lowest BCUT2D eigenvalue weighted by Gasteiger charge is -2.16. The first kappa shape index (κ1) is 15.9. The van der Waals surface area contributed by atoms with Crippen LogP contribution in [0.25, 0.3) is 22.6 Å². The molecule has 4 rings (SSSR count). The summed E-state index contributed by atoms with van der Waals surface area (Å²) in [7, 11) is 0. The van der Waals surface area contributed by atoms with Crippen LogP contribution in [-0.4, -0.2) is 43.5 Å². The zero-order valence-corrected chi connectivity index (χ0v) is 14.4. The highest BCUT2D eigenvalue weighted by Crippen LogP contribution is 2.25. The monoisotopic (exact) mass is 340 g/mol. The Morgan fingerprint density at radius 1 is 1.24 bits per heavy atom. The van der Waals surface area contributed by atoms with Crippen LogP contribution in [-0.2, 0) is 16.0 Å². The molecule has 0 saturated carbocycles. The van der Waals surface area contributed by atoms with Gasteiger partial charge in [-0.1, -0.05) is 35.0 Å². The molecule has 1 saturated heterocycles. The highest BCUT2D eigenvalue weighted by Gasteiger charge is 2.33. The van der Waals surface area contributed by atoms with Crippen LogP contribution in [0.3, 0.4) is 0 Å². The molecule has 1 fully saturated rings. The van der Waals surface area contributed by atoms with Crippen LogP contribution in [0.2, 0.25) is 0 Å². The Kier molecular flexibility index (Phi) is 3.66. The lowest BCUT2D eigenvalue weighted by atomic mass is 10.1. The molecule has 3 heterocycles. The number of hydrogen-bond acceptors (Lipinski definition) is 7. The van der Waals surface area contributed by atoms with Gasteiger partial charge in [-0.15, -0.1) is 5.10 Å². The smallest absolute Gasteiger partial charge is 0.184 e. The molecule has 3 aromatic rings. The van der Waals surface area contributed by atoms with E-state index < -0.39 is 5.79 Å². The van der Waals surface area contributed by atoms with Gasteiger partial charge in [0.1, 0.15) is 6.10 Å². The third-order valence-electron chi connectivity index (χ3n) is 4.14. The molecule has 0 spiro atoms. The standard InChI is InChI=1S/C17H20N6O2/c1-10-4-6-11(7-5-10)15-19-14(18)13-16(20-15)23(22-21-13)8-12-9-24-17(2,3)25-12/h4-7,12H,8-9H2,1-3H3,(H2,18,19,20)/t12-/m0/s1. The molecule has 2 N–H and O–H groups in total.